The molecule has 1 amide bonds. The van der Waals surface area contributed by atoms with Crippen molar-refractivity contribution in [3.63, 3.8) is 0 Å². The molecule has 0 bridgehead atoms. The van der Waals surface area contributed by atoms with Crippen LogP contribution in [-0.2, 0) is 16.1 Å². The Labute approximate surface area is 153 Å². The summed E-state index contributed by atoms with van der Waals surface area (Å²) in [5.41, 5.74) is 0.866. The third-order valence-electron chi connectivity index (χ3n) is 4.64. The van der Waals surface area contributed by atoms with Crippen molar-refractivity contribution in [3.05, 3.63) is 30.4 Å². The topological polar surface area (TPSA) is 81.4 Å². The van der Waals surface area contributed by atoms with Crippen LogP contribution < -0.4 is 0 Å². The Balaban J connectivity index is 1.40. The molecule has 1 fully saturated rings. The normalized spacial score (nSPS) is 15.3. The summed E-state index contributed by atoms with van der Waals surface area (Å²) in [6, 6.07) is 3.67. The molecule has 0 atom stereocenters. The Morgan fingerprint density at radius 2 is 2.04 bits per heavy atom. The van der Waals surface area contributed by atoms with Crippen LogP contribution >= 0.6 is 0 Å². The van der Waals surface area contributed by atoms with Crippen molar-refractivity contribution in [1.29, 1.82) is 0 Å². The first-order chi connectivity index (χ1) is 12.8. The minimum atomic E-state index is 0.131. The zero-order valence-corrected chi connectivity index (χ0v) is 15.3. The summed E-state index contributed by atoms with van der Waals surface area (Å²) >= 11 is 0. The molecule has 0 saturated carbocycles. The molecule has 26 heavy (non-hydrogen) atoms. The third-order valence-corrected chi connectivity index (χ3v) is 4.64. The average Bonchev–Trinajstić information content (AvgIpc) is 3.17. The molecular formula is C19H26N4O3. The number of nitrogens with zero attached hydrogens (tertiary/aromatic N) is 4. The predicted octanol–water partition coefficient (Wildman–Crippen LogP) is 3.22. The quantitative estimate of drug-likeness (QED) is 0.674. The molecule has 0 spiro atoms. The van der Waals surface area contributed by atoms with Crippen LogP contribution in [0.25, 0.3) is 11.4 Å². The number of rotatable bonds is 8. The van der Waals surface area contributed by atoms with E-state index >= 15 is 0 Å². The number of amides is 1. The van der Waals surface area contributed by atoms with E-state index in [9.17, 15) is 4.79 Å². The summed E-state index contributed by atoms with van der Waals surface area (Å²) < 4.78 is 11.2. The number of likely N-dealkylation sites (tertiary alicyclic amines) is 1. The standard InChI is InChI=1S/C19H26N4O3/c1-2-3-4-5-18(24)23-12-8-16(9-13-23)25-14-17-21-19(22-26-17)15-6-10-20-11-7-15/h6-7,10-11,16H,2-5,8-9,12-14H2,1H3. The maximum Gasteiger partial charge on any atom is 0.252 e. The van der Waals surface area contributed by atoms with Crippen LogP contribution in [0.3, 0.4) is 0 Å². The highest BCUT2D eigenvalue weighted by molar-refractivity contribution is 5.76. The lowest BCUT2D eigenvalue weighted by molar-refractivity contribution is -0.134. The molecule has 1 aliphatic heterocycles. The summed E-state index contributed by atoms with van der Waals surface area (Å²) in [5.74, 6) is 1.28. The molecule has 3 rings (SSSR count). The van der Waals surface area contributed by atoms with Crippen LogP contribution in [0.1, 0.15) is 51.3 Å². The van der Waals surface area contributed by atoms with Gasteiger partial charge in [0.1, 0.15) is 6.61 Å². The fourth-order valence-electron chi connectivity index (χ4n) is 3.08. The van der Waals surface area contributed by atoms with Gasteiger partial charge in [0.05, 0.1) is 6.10 Å². The molecule has 3 heterocycles. The van der Waals surface area contributed by atoms with Gasteiger partial charge in [-0.05, 0) is 31.4 Å². The second-order valence-electron chi connectivity index (χ2n) is 6.60. The zero-order valence-electron chi connectivity index (χ0n) is 15.3. The number of carbonyl (C=O) groups excluding carboxylic acids is 1. The molecule has 0 aliphatic carbocycles. The second kappa shape index (κ2) is 9.43. The number of ether oxygens (including phenoxy) is 1. The van der Waals surface area contributed by atoms with Crippen LogP contribution in [0.2, 0.25) is 0 Å². The minimum Gasteiger partial charge on any atom is -0.368 e. The Hall–Kier alpha value is -2.28. The van der Waals surface area contributed by atoms with E-state index in [1.807, 2.05) is 17.0 Å². The Morgan fingerprint density at radius 3 is 2.77 bits per heavy atom. The van der Waals surface area contributed by atoms with Crippen molar-refractivity contribution in [2.24, 2.45) is 0 Å². The highest BCUT2D eigenvalue weighted by Gasteiger charge is 2.23. The molecule has 2 aromatic heterocycles. The monoisotopic (exact) mass is 358 g/mol. The third kappa shape index (κ3) is 5.11. The first-order valence-corrected chi connectivity index (χ1v) is 9.38. The van der Waals surface area contributed by atoms with Crippen molar-refractivity contribution in [2.75, 3.05) is 13.1 Å². The lowest BCUT2D eigenvalue weighted by Gasteiger charge is -2.31. The Bertz CT molecular complexity index is 681. The number of hydrogen-bond acceptors (Lipinski definition) is 6. The van der Waals surface area contributed by atoms with Gasteiger partial charge in [-0.1, -0.05) is 24.9 Å². The van der Waals surface area contributed by atoms with E-state index < -0.39 is 0 Å². The summed E-state index contributed by atoms with van der Waals surface area (Å²) in [6.45, 7) is 3.98. The fraction of sp³-hybridized carbons (Fsp3) is 0.579. The number of pyridine rings is 1. The van der Waals surface area contributed by atoms with Crippen molar-refractivity contribution >= 4 is 5.91 Å². The molecule has 0 unspecified atom stereocenters. The van der Waals surface area contributed by atoms with Gasteiger partial charge in [0.15, 0.2) is 0 Å². The second-order valence-corrected chi connectivity index (χ2v) is 6.60. The Kier molecular flexibility index (Phi) is 6.71. The molecule has 0 radical (unpaired) electrons. The number of hydrogen-bond donors (Lipinski definition) is 0. The smallest absolute Gasteiger partial charge is 0.252 e. The number of piperidine rings is 1. The van der Waals surface area contributed by atoms with Crippen molar-refractivity contribution < 1.29 is 14.1 Å². The molecule has 140 valence electrons. The minimum absolute atomic E-state index is 0.131. The van der Waals surface area contributed by atoms with Gasteiger partial charge in [-0.25, -0.2) is 0 Å². The highest BCUT2D eigenvalue weighted by Crippen LogP contribution is 2.18. The van der Waals surface area contributed by atoms with Crippen LogP contribution in [0.5, 0.6) is 0 Å². The summed E-state index contributed by atoms with van der Waals surface area (Å²) in [5, 5.41) is 3.97. The summed E-state index contributed by atoms with van der Waals surface area (Å²) in [6.07, 6.45) is 9.14. The number of aromatic nitrogens is 3. The number of carbonyl (C=O) groups is 1. The van der Waals surface area contributed by atoms with Gasteiger partial charge in [-0.15, -0.1) is 0 Å². The molecule has 0 aromatic carbocycles. The summed E-state index contributed by atoms with van der Waals surface area (Å²) in [4.78, 5) is 22.4. The van der Waals surface area contributed by atoms with Gasteiger partial charge >= 0.3 is 0 Å². The van der Waals surface area contributed by atoms with Crippen molar-refractivity contribution in [2.45, 2.75) is 58.2 Å². The van der Waals surface area contributed by atoms with Crippen LogP contribution in [-0.4, -0.2) is 45.1 Å². The van der Waals surface area contributed by atoms with E-state index in [-0.39, 0.29) is 12.0 Å². The molecular weight excluding hydrogens is 332 g/mol. The van der Waals surface area contributed by atoms with E-state index in [1.54, 1.807) is 12.4 Å². The maximum absolute atomic E-state index is 12.1. The van der Waals surface area contributed by atoms with Gasteiger partial charge in [-0.3, -0.25) is 9.78 Å². The van der Waals surface area contributed by atoms with Crippen LogP contribution in [0.4, 0.5) is 0 Å². The van der Waals surface area contributed by atoms with Crippen LogP contribution in [0, 0.1) is 0 Å². The lowest BCUT2D eigenvalue weighted by atomic mass is 10.1. The molecule has 1 aliphatic rings. The van der Waals surface area contributed by atoms with E-state index in [0.29, 0.717) is 24.7 Å². The largest absolute Gasteiger partial charge is 0.368 e. The van der Waals surface area contributed by atoms with Gasteiger partial charge in [0.25, 0.3) is 5.89 Å². The lowest BCUT2D eigenvalue weighted by Crippen LogP contribution is -2.40. The molecule has 7 nitrogen and oxygen atoms in total. The maximum atomic E-state index is 12.1. The number of unbranched alkanes of at least 4 members (excludes halogenated alkanes) is 2. The van der Waals surface area contributed by atoms with Gasteiger partial charge < -0.3 is 14.2 Å². The van der Waals surface area contributed by atoms with E-state index in [4.69, 9.17) is 9.26 Å². The molecule has 0 N–H and O–H groups in total. The van der Waals surface area contributed by atoms with Gasteiger partial charge in [-0.2, -0.15) is 4.98 Å². The van der Waals surface area contributed by atoms with E-state index in [0.717, 1.165) is 50.8 Å². The van der Waals surface area contributed by atoms with Gasteiger partial charge in [0, 0.05) is 37.5 Å². The zero-order chi connectivity index (χ0) is 18.2. The van der Waals surface area contributed by atoms with Crippen molar-refractivity contribution in [3.8, 4) is 11.4 Å². The molecule has 2 aromatic rings. The predicted molar refractivity (Wildman–Crippen MR) is 96.1 cm³/mol. The molecule has 7 heteroatoms. The van der Waals surface area contributed by atoms with Gasteiger partial charge in [0.2, 0.25) is 11.7 Å². The SMILES string of the molecule is CCCCCC(=O)N1CCC(OCc2nc(-c3ccncc3)no2)CC1. The van der Waals surface area contributed by atoms with E-state index in [2.05, 4.69) is 22.0 Å². The van der Waals surface area contributed by atoms with Crippen molar-refractivity contribution in [1.82, 2.24) is 20.0 Å². The first kappa shape index (κ1) is 18.5. The Morgan fingerprint density at radius 1 is 1.27 bits per heavy atom. The summed E-state index contributed by atoms with van der Waals surface area (Å²) in [7, 11) is 0. The highest BCUT2D eigenvalue weighted by atomic mass is 16.5. The molecule has 1 saturated heterocycles. The van der Waals surface area contributed by atoms with E-state index in [1.165, 1.54) is 0 Å². The average molecular weight is 358 g/mol. The first-order valence-electron chi connectivity index (χ1n) is 9.38. The fourth-order valence-corrected chi connectivity index (χ4v) is 3.08. The van der Waals surface area contributed by atoms with Crippen LogP contribution in [0.15, 0.2) is 29.0 Å².